The van der Waals surface area contributed by atoms with E-state index in [4.69, 9.17) is 15.0 Å². The van der Waals surface area contributed by atoms with E-state index in [-0.39, 0.29) is 5.69 Å². The monoisotopic (exact) mass is 276 g/mol. The van der Waals surface area contributed by atoms with E-state index in [2.05, 4.69) is 10.1 Å². The molecule has 0 saturated carbocycles. The first-order chi connectivity index (χ1) is 9.58. The molecular formula is C12H12N4O4. The van der Waals surface area contributed by atoms with E-state index in [9.17, 15) is 10.1 Å². The first-order valence-electron chi connectivity index (χ1n) is 6.04. The van der Waals surface area contributed by atoms with Gasteiger partial charge in [-0.05, 0) is 18.6 Å². The third kappa shape index (κ3) is 2.15. The van der Waals surface area contributed by atoms with E-state index in [0.29, 0.717) is 36.9 Å². The number of hydrogen-bond acceptors (Lipinski definition) is 7. The van der Waals surface area contributed by atoms with Crippen LogP contribution in [0.4, 0.5) is 5.69 Å². The zero-order chi connectivity index (χ0) is 14.2. The van der Waals surface area contributed by atoms with Crippen LogP contribution in [-0.2, 0) is 10.3 Å². The summed E-state index contributed by atoms with van der Waals surface area (Å²) in [7, 11) is 0. The van der Waals surface area contributed by atoms with Gasteiger partial charge in [0.25, 0.3) is 5.69 Å². The summed E-state index contributed by atoms with van der Waals surface area (Å²) >= 11 is 0. The van der Waals surface area contributed by atoms with Gasteiger partial charge in [0.1, 0.15) is 5.54 Å². The molecule has 1 atom stereocenters. The first kappa shape index (κ1) is 12.7. The Balaban J connectivity index is 1.88. The topological polar surface area (TPSA) is 117 Å². The normalized spacial score (nSPS) is 22.1. The summed E-state index contributed by atoms with van der Waals surface area (Å²) in [5, 5.41) is 14.5. The van der Waals surface area contributed by atoms with Crippen LogP contribution in [0.15, 0.2) is 28.8 Å². The summed E-state index contributed by atoms with van der Waals surface area (Å²) in [6.45, 7) is 0.903. The van der Waals surface area contributed by atoms with Crippen molar-refractivity contribution >= 4 is 5.69 Å². The lowest BCUT2D eigenvalue weighted by Crippen LogP contribution is -2.37. The number of ether oxygens (including phenoxy) is 1. The predicted molar refractivity (Wildman–Crippen MR) is 67.7 cm³/mol. The maximum atomic E-state index is 10.6. The number of aromatic nitrogens is 2. The molecule has 1 aliphatic rings. The molecule has 0 radical (unpaired) electrons. The molecule has 1 aliphatic heterocycles. The molecule has 0 spiro atoms. The van der Waals surface area contributed by atoms with Gasteiger partial charge in [0.05, 0.1) is 11.5 Å². The molecule has 20 heavy (non-hydrogen) atoms. The number of benzene rings is 1. The van der Waals surface area contributed by atoms with Gasteiger partial charge >= 0.3 is 0 Å². The lowest BCUT2D eigenvalue weighted by molar-refractivity contribution is -0.384. The molecule has 1 fully saturated rings. The van der Waals surface area contributed by atoms with Crippen molar-refractivity contribution in [2.24, 2.45) is 5.73 Å². The van der Waals surface area contributed by atoms with Gasteiger partial charge in [-0.25, -0.2) is 0 Å². The summed E-state index contributed by atoms with van der Waals surface area (Å²) in [6.07, 6.45) is 0.620. The molecule has 104 valence electrons. The summed E-state index contributed by atoms with van der Waals surface area (Å²) in [5.41, 5.74) is 6.02. The molecular weight excluding hydrogens is 264 g/mol. The Morgan fingerprint density at radius 1 is 1.35 bits per heavy atom. The van der Waals surface area contributed by atoms with Crippen LogP contribution in [-0.4, -0.2) is 28.3 Å². The fourth-order valence-electron chi connectivity index (χ4n) is 2.02. The van der Waals surface area contributed by atoms with Crippen LogP contribution in [0.5, 0.6) is 0 Å². The van der Waals surface area contributed by atoms with Gasteiger partial charge in [-0.15, -0.1) is 0 Å². The van der Waals surface area contributed by atoms with Gasteiger partial charge in [-0.3, -0.25) is 10.1 Å². The second-order valence-corrected chi connectivity index (χ2v) is 4.69. The van der Waals surface area contributed by atoms with E-state index in [0.717, 1.165) is 0 Å². The van der Waals surface area contributed by atoms with Crippen molar-refractivity contribution in [2.75, 3.05) is 13.2 Å². The summed E-state index contributed by atoms with van der Waals surface area (Å²) in [5.74, 6) is 0.676. The molecule has 0 bridgehead atoms. The van der Waals surface area contributed by atoms with Crippen LogP contribution in [0, 0.1) is 10.1 Å². The Hall–Kier alpha value is -2.32. The molecule has 0 amide bonds. The van der Waals surface area contributed by atoms with Crippen molar-refractivity contribution in [1.82, 2.24) is 10.1 Å². The SMILES string of the molecule is NC1(c2nc(-c3ccc([N+](=O)[O-])cc3)no2)CCOC1. The van der Waals surface area contributed by atoms with Crippen LogP contribution in [0.25, 0.3) is 11.4 Å². The lowest BCUT2D eigenvalue weighted by atomic mass is 10.0. The smallest absolute Gasteiger partial charge is 0.269 e. The summed E-state index contributed by atoms with van der Waals surface area (Å²) < 4.78 is 10.4. The van der Waals surface area contributed by atoms with Crippen molar-refractivity contribution in [3.63, 3.8) is 0 Å². The van der Waals surface area contributed by atoms with Crippen molar-refractivity contribution in [2.45, 2.75) is 12.0 Å². The molecule has 8 nitrogen and oxygen atoms in total. The quantitative estimate of drug-likeness (QED) is 0.661. The van der Waals surface area contributed by atoms with Gasteiger partial charge in [0.15, 0.2) is 0 Å². The van der Waals surface area contributed by atoms with Gasteiger partial charge in [-0.1, -0.05) is 5.16 Å². The summed E-state index contributed by atoms with van der Waals surface area (Å²) in [4.78, 5) is 14.4. The Morgan fingerprint density at radius 2 is 2.10 bits per heavy atom. The molecule has 2 N–H and O–H groups in total. The molecule has 1 unspecified atom stereocenters. The lowest BCUT2D eigenvalue weighted by Gasteiger charge is -2.14. The highest BCUT2D eigenvalue weighted by Gasteiger charge is 2.38. The van der Waals surface area contributed by atoms with Crippen molar-refractivity contribution < 1.29 is 14.2 Å². The fraction of sp³-hybridized carbons (Fsp3) is 0.333. The standard InChI is InChI=1S/C12H12N4O4/c13-12(5-6-19-7-12)11-14-10(15-20-11)8-1-3-9(4-2-8)16(17)18/h1-4H,5-7,13H2. The predicted octanol–water partition coefficient (Wildman–Crippen LogP) is 1.22. The van der Waals surface area contributed by atoms with Crippen molar-refractivity contribution in [3.8, 4) is 11.4 Å². The van der Waals surface area contributed by atoms with Crippen molar-refractivity contribution in [1.29, 1.82) is 0 Å². The minimum atomic E-state index is -0.744. The molecule has 1 aromatic carbocycles. The maximum absolute atomic E-state index is 10.6. The number of nitrogens with two attached hydrogens (primary N) is 1. The van der Waals surface area contributed by atoms with E-state index < -0.39 is 10.5 Å². The van der Waals surface area contributed by atoms with Crippen LogP contribution in [0.3, 0.4) is 0 Å². The Kier molecular flexibility index (Phi) is 2.96. The molecule has 8 heteroatoms. The molecule has 0 aliphatic carbocycles. The highest BCUT2D eigenvalue weighted by Crippen LogP contribution is 2.28. The molecule has 3 rings (SSSR count). The minimum absolute atomic E-state index is 0.0111. The number of nitro groups is 1. The molecule has 1 aromatic heterocycles. The van der Waals surface area contributed by atoms with Crippen LogP contribution < -0.4 is 5.73 Å². The second kappa shape index (κ2) is 4.66. The molecule has 1 saturated heterocycles. The zero-order valence-electron chi connectivity index (χ0n) is 10.5. The number of rotatable bonds is 3. The maximum Gasteiger partial charge on any atom is 0.269 e. The average Bonchev–Trinajstić information content (AvgIpc) is 3.08. The largest absolute Gasteiger partial charge is 0.379 e. The van der Waals surface area contributed by atoms with Gasteiger partial charge in [-0.2, -0.15) is 4.98 Å². The van der Waals surface area contributed by atoms with Crippen LogP contribution >= 0.6 is 0 Å². The fourth-order valence-corrected chi connectivity index (χ4v) is 2.02. The van der Waals surface area contributed by atoms with Gasteiger partial charge in [0.2, 0.25) is 11.7 Å². The highest BCUT2D eigenvalue weighted by molar-refractivity contribution is 5.56. The zero-order valence-corrected chi connectivity index (χ0v) is 10.5. The Morgan fingerprint density at radius 3 is 2.70 bits per heavy atom. The average molecular weight is 276 g/mol. The van der Waals surface area contributed by atoms with Crippen LogP contribution in [0.1, 0.15) is 12.3 Å². The number of nitrogens with zero attached hydrogens (tertiary/aromatic N) is 3. The number of nitro benzene ring substituents is 1. The van der Waals surface area contributed by atoms with Crippen molar-refractivity contribution in [3.05, 3.63) is 40.3 Å². The van der Waals surface area contributed by atoms with E-state index in [1.165, 1.54) is 12.1 Å². The molecule has 2 aromatic rings. The number of hydrogen-bond donors (Lipinski definition) is 1. The van der Waals surface area contributed by atoms with E-state index in [1.54, 1.807) is 12.1 Å². The van der Waals surface area contributed by atoms with E-state index >= 15 is 0 Å². The Bertz CT molecular complexity index is 631. The third-order valence-electron chi connectivity index (χ3n) is 3.24. The van der Waals surface area contributed by atoms with Gasteiger partial charge < -0.3 is 15.0 Å². The highest BCUT2D eigenvalue weighted by atomic mass is 16.6. The summed E-state index contributed by atoms with van der Waals surface area (Å²) in [6, 6.07) is 5.92. The Labute approximate surface area is 113 Å². The second-order valence-electron chi connectivity index (χ2n) is 4.69. The first-order valence-corrected chi connectivity index (χ1v) is 6.04. The number of non-ortho nitro benzene ring substituents is 1. The minimum Gasteiger partial charge on any atom is -0.379 e. The van der Waals surface area contributed by atoms with Crippen LogP contribution in [0.2, 0.25) is 0 Å². The van der Waals surface area contributed by atoms with E-state index in [1.807, 2.05) is 0 Å². The third-order valence-corrected chi connectivity index (χ3v) is 3.24. The molecule has 2 heterocycles. The van der Waals surface area contributed by atoms with Gasteiger partial charge in [0, 0.05) is 24.3 Å².